The van der Waals surface area contributed by atoms with E-state index in [0.717, 1.165) is 54.0 Å². The van der Waals surface area contributed by atoms with Crippen LogP contribution in [0.5, 0.6) is 0 Å². The lowest BCUT2D eigenvalue weighted by Crippen LogP contribution is -2.39. The van der Waals surface area contributed by atoms with Crippen molar-refractivity contribution in [1.82, 2.24) is 9.88 Å². The average molecular weight is 296 g/mol. The first-order valence-corrected chi connectivity index (χ1v) is 8.19. The fourth-order valence-corrected chi connectivity index (χ4v) is 3.35. The molecule has 2 aromatic rings. The number of carbonyl (C=O) groups is 1. The van der Waals surface area contributed by atoms with E-state index < -0.39 is 0 Å². The maximum atomic E-state index is 12.6. The Labute approximate surface area is 132 Å². The van der Waals surface area contributed by atoms with Crippen LogP contribution < -0.4 is 0 Å². The molecule has 0 bridgehead atoms. The highest BCUT2D eigenvalue weighted by Gasteiger charge is 2.22. The second kappa shape index (κ2) is 6.07. The first-order chi connectivity index (χ1) is 10.6. The lowest BCUT2D eigenvalue weighted by Gasteiger charge is -2.30. The summed E-state index contributed by atoms with van der Waals surface area (Å²) in [6.07, 6.45) is 2.73. The number of hydrogen-bond acceptors (Lipinski definition) is 2. The highest BCUT2D eigenvalue weighted by molar-refractivity contribution is 5.86. The van der Waals surface area contributed by atoms with Crippen LogP contribution >= 0.6 is 0 Å². The van der Waals surface area contributed by atoms with Crippen LogP contribution in [0, 0.1) is 19.8 Å². The smallest absolute Gasteiger partial charge is 0.227 e. The van der Waals surface area contributed by atoms with Gasteiger partial charge >= 0.3 is 0 Å². The summed E-state index contributed by atoms with van der Waals surface area (Å²) in [6.45, 7) is 8.19. The standard InChI is InChI=1S/C19H24N2O/c1-13-8-10-21(11-9-13)19(22)12-17-14(2)16-6-4-5-7-18(16)20-15(17)3/h4-7,13H,8-12H2,1-3H3. The predicted molar refractivity (Wildman–Crippen MR) is 89.9 cm³/mol. The Bertz CT molecular complexity index is 700. The van der Waals surface area contributed by atoms with Crippen LogP contribution in [0.1, 0.15) is 36.6 Å². The van der Waals surface area contributed by atoms with Gasteiger partial charge in [0.25, 0.3) is 0 Å². The minimum absolute atomic E-state index is 0.246. The van der Waals surface area contributed by atoms with E-state index in [1.54, 1.807) is 0 Å². The van der Waals surface area contributed by atoms with Crippen LogP contribution in [0.3, 0.4) is 0 Å². The lowest BCUT2D eigenvalue weighted by atomic mass is 9.96. The highest BCUT2D eigenvalue weighted by atomic mass is 16.2. The normalized spacial score (nSPS) is 16.2. The van der Waals surface area contributed by atoms with Crippen molar-refractivity contribution in [3.63, 3.8) is 0 Å². The summed E-state index contributed by atoms with van der Waals surface area (Å²) in [4.78, 5) is 19.3. The number of carbonyl (C=O) groups excluding carboxylic acids is 1. The average Bonchev–Trinajstić information content (AvgIpc) is 2.52. The number of nitrogens with zero attached hydrogens (tertiary/aromatic N) is 2. The molecule has 0 spiro atoms. The molecule has 1 amide bonds. The molecule has 2 heterocycles. The van der Waals surface area contributed by atoms with Crippen molar-refractivity contribution in [2.75, 3.05) is 13.1 Å². The first kappa shape index (κ1) is 15.0. The molecular weight excluding hydrogens is 272 g/mol. The number of fused-ring (bicyclic) bond motifs is 1. The highest BCUT2D eigenvalue weighted by Crippen LogP contribution is 2.24. The number of piperidine rings is 1. The first-order valence-electron chi connectivity index (χ1n) is 8.19. The van der Waals surface area contributed by atoms with E-state index >= 15 is 0 Å². The Hall–Kier alpha value is -1.90. The molecular formula is C19H24N2O. The minimum Gasteiger partial charge on any atom is -0.342 e. The van der Waals surface area contributed by atoms with Crippen molar-refractivity contribution < 1.29 is 4.79 Å². The third-order valence-corrected chi connectivity index (χ3v) is 4.95. The van der Waals surface area contributed by atoms with Crippen LogP contribution in [0.15, 0.2) is 24.3 Å². The van der Waals surface area contributed by atoms with Crippen LogP contribution in [0.25, 0.3) is 10.9 Å². The van der Waals surface area contributed by atoms with Gasteiger partial charge in [-0.1, -0.05) is 25.1 Å². The zero-order chi connectivity index (χ0) is 15.7. The van der Waals surface area contributed by atoms with E-state index in [0.29, 0.717) is 6.42 Å². The van der Waals surface area contributed by atoms with Crippen LogP contribution in [0.4, 0.5) is 0 Å². The molecule has 0 saturated carbocycles. The van der Waals surface area contributed by atoms with Crippen LogP contribution in [-0.2, 0) is 11.2 Å². The predicted octanol–water partition coefficient (Wildman–Crippen LogP) is 3.65. The molecule has 0 aliphatic carbocycles. The van der Waals surface area contributed by atoms with Crippen molar-refractivity contribution in [2.45, 2.75) is 40.0 Å². The number of hydrogen-bond donors (Lipinski definition) is 0. The topological polar surface area (TPSA) is 33.2 Å². The second-order valence-corrected chi connectivity index (χ2v) is 6.56. The summed E-state index contributed by atoms with van der Waals surface area (Å²) >= 11 is 0. The third-order valence-electron chi connectivity index (χ3n) is 4.95. The number of rotatable bonds is 2. The van der Waals surface area contributed by atoms with Crippen molar-refractivity contribution in [3.05, 3.63) is 41.1 Å². The lowest BCUT2D eigenvalue weighted by molar-refractivity contribution is -0.131. The quantitative estimate of drug-likeness (QED) is 0.847. The van der Waals surface area contributed by atoms with Crippen LogP contribution in [-0.4, -0.2) is 28.9 Å². The van der Waals surface area contributed by atoms with Gasteiger partial charge in [-0.3, -0.25) is 9.78 Å². The molecule has 1 aromatic carbocycles. The molecule has 1 fully saturated rings. The van der Waals surface area contributed by atoms with Gasteiger partial charge in [0, 0.05) is 24.2 Å². The molecule has 0 N–H and O–H groups in total. The zero-order valence-electron chi connectivity index (χ0n) is 13.7. The van der Waals surface area contributed by atoms with Gasteiger partial charge in [-0.2, -0.15) is 0 Å². The van der Waals surface area contributed by atoms with Crippen molar-refractivity contribution in [3.8, 4) is 0 Å². The van der Waals surface area contributed by atoms with Crippen molar-refractivity contribution in [2.24, 2.45) is 5.92 Å². The molecule has 22 heavy (non-hydrogen) atoms. The van der Waals surface area contributed by atoms with Gasteiger partial charge < -0.3 is 4.90 Å². The Morgan fingerprint density at radius 2 is 1.91 bits per heavy atom. The number of likely N-dealkylation sites (tertiary alicyclic amines) is 1. The molecule has 3 rings (SSSR count). The molecule has 1 aromatic heterocycles. The second-order valence-electron chi connectivity index (χ2n) is 6.56. The maximum Gasteiger partial charge on any atom is 0.227 e. The number of aromatic nitrogens is 1. The van der Waals surface area contributed by atoms with E-state index in [1.165, 1.54) is 5.56 Å². The SMILES string of the molecule is Cc1nc2ccccc2c(C)c1CC(=O)N1CCC(C)CC1. The Balaban J connectivity index is 1.86. The van der Waals surface area contributed by atoms with Gasteiger partial charge in [0.05, 0.1) is 11.9 Å². The molecule has 3 nitrogen and oxygen atoms in total. The van der Waals surface area contributed by atoms with E-state index in [2.05, 4.69) is 24.9 Å². The largest absolute Gasteiger partial charge is 0.342 e. The Kier molecular flexibility index (Phi) is 4.14. The van der Waals surface area contributed by atoms with E-state index in [4.69, 9.17) is 0 Å². The van der Waals surface area contributed by atoms with Gasteiger partial charge in [0.1, 0.15) is 0 Å². The van der Waals surface area contributed by atoms with Crippen LogP contribution in [0.2, 0.25) is 0 Å². The molecule has 1 aliphatic heterocycles. The summed E-state index contributed by atoms with van der Waals surface area (Å²) in [7, 11) is 0. The molecule has 0 atom stereocenters. The fourth-order valence-electron chi connectivity index (χ4n) is 3.35. The Morgan fingerprint density at radius 3 is 2.64 bits per heavy atom. The summed E-state index contributed by atoms with van der Waals surface area (Å²) in [6, 6.07) is 8.17. The number of amides is 1. The van der Waals surface area contributed by atoms with Gasteiger partial charge in [-0.25, -0.2) is 0 Å². The molecule has 0 radical (unpaired) electrons. The number of benzene rings is 1. The number of pyridine rings is 1. The monoisotopic (exact) mass is 296 g/mol. The van der Waals surface area contributed by atoms with Gasteiger partial charge in [-0.15, -0.1) is 0 Å². The van der Waals surface area contributed by atoms with E-state index in [1.807, 2.05) is 30.0 Å². The van der Waals surface area contributed by atoms with Crippen molar-refractivity contribution >= 4 is 16.8 Å². The molecule has 0 unspecified atom stereocenters. The molecule has 3 heteroatoms. The summed E-state index contributed by atoms with van der Waals surface area (Å²) in [5, 5.41) is 1.16. The van der Waals surface area contributed by atoms with Gasteiger partial charge in [0.15, 0.2) is 0 Å². The summed E-state index contributed by atoms with van der Waals surface area (Å²) < 4.78 is 0. The zero-order valence-corrected chi connectivity index (χ0v) is 13.7. The van der Waals surface area contributed by atoms with Gasteiger partial charge in [0.2, 0.25) is 5.91 Å². The molecule has 1 saturated heterocycles. The third kappa shape index (κ3) is 2.85. The molecule has 116 valence electrons. The van der Waals surface area contributed by atoms with E-state index in [9.17, 15) is 4.79 Å². The van der Waals surface area contributed by atoms with Crippen molar-refractivity contribution in [1.29, 1.82) is 0 Å². The number of para-hydroxylation sites is 1. The summed E-state index contributed by atoms with van der Waals surface area (Å²) in [5.41, 5.74) is 4.29. The minimum atomic E-state index is 0.246. The summed E-state index contributed by atoms with van der Waals surface area (Å²) in [5.74, 6) is 0.991. The van der Waals surface area contributed by atoms with E-state index in [-0.39, 0.29) is 5.91 Å². The maximum absolute atomic E-state index is 12.6. The fraction of sp³-hybridized carbons (Fsp3) is 0.474. The molecule has 1 aliphatic rings. The Morgan fingerprint density at radius 1 is 1.23 bits per heavy atom. The number of aryl methyl sites for hydroxylation is 2. The van der Waals surface area contributed by atoms with Gasteiger partial charge in [-0.05, 0) is 49.8 Å².